The molecule has 1 amide bonds. The Labute approximate surface area is 115 Å². The molecule has 4 heteroatoms. The van der Waals surface area contributed by atoms with Crippen LogP contribution in [0.25, 0.3) is 0 Å². The number of piperidine rings is 1. The van der Waals surface area contributed by atoms with E-state index in [1.807, 2.05) is 17.9 Å². The number of nitrogens with two attached hydrogens (primary N) is 1. The fourth-order valence-corrected chi connectivity index (χ4v) is 2.64. The standard InChI is InChI=1S/C15H23N3O/c1-3-11-5-7-18(8-6-11)15(19)12-9-13(4-2)17-14(16)10-12/h9-11H,3-8H2,1-2H3,(H2,16,17). The van der Waals surface area contributed by atoms with E-state index >= 15 is 0 Å². The highest BCUT2D eigenvalue weighted by Gasteiger charge is 2.23. The van der Waals surface area contributed by atoms with Gasteiger partial charge in [0.2, 0.25) is 0 Å². The van der Waals surface area contributed by atoms with Crippen molar-refractivity contribution in [2.45, 2.75) is 39.5 Å². The first kappa shape index (κ1) is 13.8. The third-order valence-electron chi connectivity index (χ3n) is 3.99. The Morgan fingerprint density at radius 2 is 2.05 bits per heavy atom. The summed E-state index contributed by atoms with van der Waals surface area (Å²) in [6.45, 7) is 5.96. The Morgan fingerprint density at radius 3 is 2.63 bits per heavy atom. The van der Waals surface area contributed by atoms with Crippen LogP contribution in [0.15, 0.2) is 12.1 Å². The fraction of sp³-hybridized carbons (Fsp3) is 0.600. The molecular formula is C15H23N3O. The number of amides is 1. The van der Waals surface area contributed by atoms with Crippen molar-refractivity contribution in [3.8, 4) is 0 Å². The summed E-state index contributed by atoms with van der Waals surface area (Å²) in [5, 5.41) is 0. The number of hydrogen-bond acceptors (Lipinski definition) is 3. The highest BCUT2D eigenvalue weighted by Crippen LogP contribution is 2.22. The van der Waals surface area contributed by atoms with Crippen molar-refractivity contribution in [2.75, 3.05) is 18.8 Å². The van der Waals surface area contributed by atoms with Crippen molar-refractivity contribution in [3.05, 3.63) is 23.4 Å². The molecule has 1 fully saturated rings. The number of carbonyl (C=O) groups excluding carboxylic acids is 1. The van der Waals surface area contributed by atoms with Crippen LogP contribution < -0.4 is 5.73 Å². The first-order chi connectivity index (χ1) is 9.13. The summed E-state index contributed by atoms with van der Waals surface area (Å²) in [4.78, 5) is 18.6. The minimum absolute atomic E-state index is 0.0957. The molecule has 1 saturated heterocycles. The van der Waals surface area contributed by atoms with Gasteiger partial charge < -0.3 is 10.6 Å². The van der Waals surface area contributed by atoms with Crippen LogP contribution in [-0.4, -0.2) is 28.9 Å². The molecule has 2 N–H and O–H groups in total. The van der Waals surface area contributed by atoms with E-state index in [-0.39, 0.29) is 5.91 Å². The number of aryl methyl sites for hydroxylation is 1. The minimum atomic E-state index is 0.0957. The molecule has 0 aliphatic carbocycles. The molecule has 104 valence electrons. The Bertz CT molecular complexity index is 451. The van der Waals surface area contributed by atoms with Crippen LogP contribution in [0.2, 0.25) is 0 Å². The molecule has 0 aromatic carbocycles. The summed E-state index contributed by atoms with van der Waals surface area (Å²) in [6.07, 6.45) is 4.24. The fourth-order valence-electron chi connectivity index (χ4n) is 2.64. The molecule has 0 saturated carbocycles. The molecular weight excluding hydrogens is 238 g/mol. The maximum atomic E-state index is 12.5. The molecule has 2 rings (SSSR count). The average Bonchev–Trinajstić information content (AvgIpc) is 2.46. The summed E-state index contributed by atoms with van der Waals surface area (Å²) in [5.74, 6) is 1.31. The molecule has 1 aromatic heterocycles. The molecule has 2 heterocycles. The Hall–Kier alpha value is -1.58. The molecule has 0 bridgehead atoms. The smallest absolute Gasteiger partial charge is 0.254 e. The number of nitrogens with zero attached hydrogens (tertiary/aromatic N) is 2. The lowest BCUT2D eigenvalue weighted by molar-refractivity contribution is 0.0688. The lowest BCUT2D eigenvalue weighted by Gasteiger charge is -2.31. The molecule has 4 nitrogen and oxygen atoms in total. The second-order valence-electron chi connectivity index (χ2n) is 5.27. The molecule has 1 aromatic rings. The van der Waals surface area contributed by atoms with Gasteiger partial charge in [-0.3, -0.25) is 4.79 Å². The number of aromatic nitrogens is 1. The van der Waals surface area contributed by atoms with Gasteiger partial charge in [-0.05, 0) is 37.3 Å². The number of likely N-dealkylation sites (tertiary alicyclic amines) is 1. The summed E-state index contributed by atoms with van der Waals surface area (Å²) >= 11 is 0. The Kier molecular flexibility index (Phi) is 4.40. The largest absolute Gasteiger partial charge is 0.384 e. The number of rotatable bonds is 3. The zero-order valence-corrected chi connectivity index (χ0v) is 11.9. The number of anilines is 1. The van der Waals surface area contributed by atoms with Gasteiger partial charge in [-0.15, -0.1) is 0 Å². The van der Waals surface area contributed by atoms with Crippen molar-refractivity contribution in [3.63, 3.8) is 0 Å². The van der Waals surface area contributed by atoms with E-state index in [1.165, 1.54) is 6.42 Å². The van der Waals surface area contributed by atoms with E-state index < -0.39 is 0 Å². The summed E-state index contributed by atoms with van der Waals surface area (Å²) < 4.78 is 0. The van der Waals surface area contributed by atoms with E-state index in [4.69, 9.17) is 5.73 Å². The van der Waals surface area contributed by atoms with Crippen molar-refractivity contribution in [2.24, 2.45) is 5.92 Å². The van der Waals surface area contributed by atoms with Crippen molar-refractivity contribution in [1.29, 1.82) is 0 Å². The molecule has 1 aliphatic heterocycles. The van der Waals surface area contributed by atoms with E-state index in [1.54, 1.807) is 6.07 Å². The first-order valence-electron chi connectivity index (χ1n) is 7.19. The predicted molar refractivity (Wildman–Crippen MR) is 76.9 cm³/mol. The Morgan fingerprint density at radius 1 is 1.37 bits per heavy atom. The Balaban J connectivity index is 2.09. The van der Waals surface area contributed by atoms with Crippen LogP contribution in [0, 0.1) is 5.92 Å². The first-order valence-corrected chi connectivity index (χ1v) is 7.19. The van der Waals surface area contributed by atoms with Crippen LogP contribution in [0.5, 0.6) is 0 Å². The summed E-state index contributed by atoms with van der Waals surface area (Å²) in [7, 11) is 0. The molecule has 1 aliphatic rings. The van der Waals surface area contributed by atoms with Crippen molar-refractivity contribution < 1.29 is 4.79 Å². The predicted octanol–water partition coefficient (Wildman–Crippen LogP) is 2.49. The second-order valence-corrected chi connectivity index (χ2v) is 5.27. The topological polar surface area (TPSA) is 59.2 Å². The SMILES string of the molecule is CCc1cc(C(=O)N2CCC(CC)CC2)cc(N)n1. The van der Waals surface area contributed by atoms with Crippen LogP contribution in [0.3, 0.4) is 0 Å². The van der Waals surface area contributed by atoms with E-state index in [2.05, 4.69) is 11.9 Å². The number of nitrogen functional groups attached to an aromatic ring is 1. The van der Waals surface area contributed by atoms with Gasteiger partial charge in [0.1, 0.15) is 5.82 Å². The van der Waals surface area contributed by atoms with Gasteiger partial charge in [-0.1, -0.05) is 20.3 Å². The highest BCUT2D eigenvalue weighted by molar-refractivity contribution is 5.95. The number of pyridine rings is 1. The second kappa shape index (κ2) is 6.04. The third kappa shape index (κ3) is 3.25. The maximum absolute atomic E-state index is 12.5. The van der Waals surface area contributed by atoms with Crippen molar-refractivity contribution in [1.82, 2.24) is 9.88 Å². The van der Waals surface area contributed by atoms with Crippen LogP contribution in [0.4, 0.5) is 5.82 Å². The zero-order valence-electron chi connectivity index (χ0n) is 11.9. The minimum Gasteiger partial charge on any atom is -0.384 e. The molecule has 0 atom stereocenters. The monoisotopic (exact) mass is 261 g/mol. The lowest BCUT2D eigenvalue weighted by atomic mass is 9.94. The highest BCUT2D eigenvalue weighted by atomic mass is 16.2. The quantitative estimate of drug-likeness (QED) is 0.909. The number of carbonyl (C=O) groups is 1. The maximum Gasteiger partial charge on any atom is 0.254 e. The number of hydrogen-bond donors (Lipinski definition) is 1. The molecule has 0 spiro atoms. The van der Waals surface area contributed by atoms with E-state index in [0.29, 0.717) is 11.4 Å². The third-order valence-corrected chi connectivity index (χ3v) is 3.99. The van der Waals surface area contributed by atoms with Crippen LogP contribution in [0.1, 0.15) is 49.2 Å². The van der Waals surface area contributed by atoms with Gasteiger partial charge in [-0.2, -0.15) is 0 Å². The lowest BCUT2D eigenvalue weighted by Crippen LogP contribution is -2.38. The normalized spacial score (nSPS) is 16.6. The van der Waals surface area contributed by atoms with Gasteiger partial charge in [0, 0.05) is 24.3 Å². The molecule has 0 radical (unpaired) electrons. The van der Waals surface area contributed by atoms with Crippen LogP contribution in [-0.2, 0) is 6.42 Å². The molecule has 0 unspecified atom stereocenters. The zero-order chi connectivity index (χ0) is 13.8. The molecule has 19 heavy (non-hydrogen) atoms. The van der Waals surface area contributed by atoms with Gasteiger partial charge in [0.15, 0.2) is 0 Å². The summed E-state index contributed by atoms with van der Waals surface area (Å²) in [6, 6.07) is 3.55. The summed E-state index contributed by atoms with van der Waals surface area (Å²) in [5.41, 5.74) is 7.33. The van der Waals surface area contributed by atoms with Gasteiger partial charge in [0.25, 0.3) is 5.91 Å². The average molecular weight is 261 g/mol. The van der Waals surface area contributed by atoms with E-state index in [0.717, 1.165) is 44.0 Å². The van der Waals surface area contributed by atoms with Gasteiger partial charge in [0.05, 0.1) is 0 Å². The van der Waals surface area contributed by atoms with Crippen molar-refractivity contribution >= 4 is 11.7 Å². The van der Waals surface area contributed by atoms with Gasteiger partial charge >= 0.3 is 0 Å². The van der Waals surface area contributed by atoms with Crippen LogP contribution >= 0.6 is 0 Å². The van der Waals surface area contributed by atoms with E-state index in [9.17, 15) is 4.79 Å². The van der Waals surface area contributed by atoms with Gasteiger partial charge in [-0.25, -0.2) is 4.98 Å².